The highest BCUT2D eigenvalue weighted by Gasteiger charge is 2.29. The van der Waals surface area contributed by atoms with E-state index in [4.69, 9.17) is 4.74 Å². The molecule has 2 aromatic carbocycles. The van der Waals surface area contributed by atoms with Crippen LogP contribution in [0.4, 0.5) is 4.39 Å². The minimum Gasteiger partial charge on any atom is -0.497 e. The lowest BCUT2D eigenvalue weighted by Crippen LogP contribution is -2.50. The van der Waals surface area contributed by atoms with E-state index in [1.165, 1.54) is 29.6 Å². The van der Waals surface area contributed by atoms with Crippen molar-refractivity contribution in [1.82, 2.24) is 14.5 Å². The van der Waals surface area contributed by atoms with Crippen molar-refractivity contribution in [2.75, 3.05) is 39.8 Å². The number of rotatable bonds is 7. The number of nitrogens with zero attached hydrogens (tertiary/aromatic N) is 2. The van der Waals surface area contributed by atoms with Crippen LogP contribution >= 0.6 is 0 Å². The molecule has 29 heavy (non-hydrogen) atoms. The van der Waals surface area contributed by atoms with Crippen LogP contribution in [0.3, 0.4) is 0 Å². The van der Waals surface area contributed by atoms with Gasteiger partial charge in [0, 0.05) is 38.3 Å². The third kappa shape index (κ3) is 5.31. The Bertz CT molecular complexity index is 942. The summed E-state index contributed by atoms with van der Waals surface area (Å²) in [5, 5.41) is 2.70. The summed E-state index contributed by atoms with van der Waals surface area (Å²) < 4.78 is 45.6. The molecule has 0 spiro atoms. The van der Waals surface area contributed by atoms with Gasteiger partial charge in [-0.15, -0.1) is 0 Å². The van der Waals surface area contributed by atoms with Crippen molar-refractivity contribution in [3.8, 4) is 5.75 Å². The summed E-state index contributed by atoms with van der Waals surface area (Å²) in [6, 6.07) is 12.6. The SMILES string of the molecule is COc1ccc(S(=O)(=O)N2CCN(CC(=O)NCc3ccccc3F)CC2)cc1. The molecule has 3 rings (SSSR count). The van der Waals surface area contributed by atoms with Gasteiger partial charge in [-0.2, -0.15) is 4.31 Å². The zero-order valence-electron chi connectivity index (χ0n) is 16.2. The van der Waals surface area contributed by atoms with Gasteiger partial charge in [0.05, 0.1) is 18.6 Å². The number of ether oxygens (including phenoxy) is 1. The Morgan fingerprint density at radius 3 is 2.34 bits per heavy atom. The van der Waals surface area contributed by atoms with Crippen molar-refractivity contribution in [2.24, 2.45) is 0 Å². The lowest BCUT2D eigenvalue weighted by molar-refractivity contribution is -0.122. The van der Waals surface area contributed by atoms with Crippen LogP contribution in [-0.2, 0) is 21.4 Å². The van der Waals surface area contributed by atoms with Gasteiger partial charge in [0.1, 0.15) is 11.6 Å². The molecule has 2 aromatic rings. The predicted molar refractivity (Wildman–Crippen MR) is 106 cm³/mol. The van der Waals surface area contributed by atoms with Crippen molar-refractivity contribution in [2.45, 2.75) is 11.4 Å². The summed E-state index contributed by atoms with van der Waals surface area (Å²) in [5.41, 5.74) is 0.427. The second kappa shape index (κ2) is 9.34. The van der Waals surface area contributed by atoms with Crippen molar-refractivity contribution >= 4 is 15.9 Å². The number of sulfonamides is 1. The number of piperazine rings is 1. The molecule has 1 aliphatic heterocycles. The van der Waals surface area contributed by atoms with Crippen molar-refractivity contribution in [3.05, 3.63) is 59.9 Å². The first-order chi connectivity index (χ1) is 13.9. The molecular formula is C20H24FN3O4S. The maximum atomic E-state index is 13.6. The molecule has 1 fully saturated rings. The van der Waals surface area contributed by atoms with E-state index in [0.717, 1.165) is 0 Å². The molecule has 0 aromatic heterocycles. The zero-order chi connectivity index (χ0) is 20.9. The lowest BCUT2D eigenvalue weighted by atomic mass is 10.2. The van der Waals surface area contributed by atoms with E-state index >= 15 is 0 Å². The molecule has 0 bridgehead atoms. The maximum absolute atomic E-state index is 13.6. The van der Waals surface area contributed by atoms with Gasteiger partial charge in [0.2, 0.25) is 15.9 Å². The van der Waals surface area contributed by atoms with Crippen LogP contribution in [0.15, 0.2) is 53.4 Å². The molecule has 1 aliphatic rings. The molecule has 9 heteroatoms. The first-order valence-electron chi connectivity index (χ1n) is 9.27. The van der Waals surface area contributed by atoms with E-state index in [0.29, 0.717) is 37.5 Å². The first-order valence-corrected chi connectivity index (χ1v) is 10.7. The topological polar surface area (TPSA) is 79.0 Å². The summed E-state index contributed by atoms with van der Waals surface area (Å²) in [7, 11) is -2.06. The quantitative estimate of drug-likeness (QED) is 0.732. The molecule has 156 valence electrons. The number of nitrogens with one attached hydrogen (secondary N) is 1. The van der Waals surface area contributed by atoms with E-state index in [9.17, 15) is 17.6 Å². The molecule has 7 nitrogen and oxygen atoms in total. The number of benzene rings is 2. The third-order valence-corrected chi connectivity index (χ3v) is 6.74. The van der Waals surface area contributed by atoms with Gasteiger partial charge in [-0.3, -0.25) is 9.69 Å². The highest BCUT2D eigenvalue weighted by Crippen LogP contribution is 2.20. The van der Waals surface area contributed by atoms with Gasteiger partial charge in [-0.05, 0) is 30.3 Å². The number of amides is 1. The lowest BCUT2D eigenvalue weighted by Gasteiger charge is -2.33. The van der Waals surface area contributed by atoms with Crippen LogP contribution in [0.5, 0.6) is 5.75 Å². The van der Waals surface area contributed by atoms with Gasteiger partial charge < -0.3 is 10.1 Å². The van der Waals surface area contributed by atoms with Gasteiger partial charge in [0.15, 0.2) is 0 Å². The molecule has 0 unspecified atom stereocenters. The Morgan fingerprint density at radius 2 is 1.72 bits per heavy atom. The summed E-state index contributed by atoms with van der Waals surface area (Å²) in [5.74, 6) is 0.0139. The largest absolute Gasteiger partial charge is 0.497 e. The fourth-order valence-electron chi connectivity index (χ4n) is 3.12. The van der Waals surface area contributed by atoms with Crippen LogP contribution in [0.1, 0.15) is 5.56 Å². The van der Waals surface area contributed by atoms with Crippen molar-refractivity contribution in [1.29, 1.82) is 0 Å². The molecule has 0 atom stereocenters. The molecule has 1 amide bonds. The molecular weight excluding hydrogens is 397 g/mol. The summed E-state index contributed by atoms with van der Waals surface area (Å²) in [6.45, 7) is 1.76. The smallest absolute Gasteiger partial charge is 0.243 e. The Balaban J connectivity index is 1.49. The maximum Gasteiger partial charge on any atom is 0.243 e. The Kier molecular flexibility index (Phi) is 6.83. The number of methoxy groups -OCH3 is 1. The van der Waals surface area contributed by atoms with Gasteiger partial charge in [-0.25, -0.2) is 12.8 Å². The van der Waals surface area contributed by atoms with E-state index in [1.807, 2.05) is 4.90 Å². The number of hydrogen-bond donors (Lipinski definition) is 1. The van der Waals surface area contributed by atoms with Crippen molar-refractivity contribution in [3.63, 3.8) is 0 Å². The third-order valence-electron chi connectivity index (χ3n) is 4.83. The normalized spacial score (nSPS) is 15.8. The summed E-state index contributed by atoms with van der Waals surface area (Å²) >= 11 is 0. The molecule has 0 aliphatic carbocycles. The summed E-state index contributed by atoms with van der Waals surface area (Å²) in [6.07, 6.45) is 0. The van der Waals surface area contributed by atoms with Gasteiger partial charge >= 0.3 is 0 Å². The van der Waals surface area contributed by atoms with E-state index in [1.54, 1.807) is 30.3 Å². The second-order valence-electron chi connectivity index (χ2n) is 6.72. The van der Waals surface area contributed by atoms with E-state index < -0.39 is 10.0 Å². The summed E-state index contributed by atoms with van der Waals surface area (Å²) in [4.78, 5) is 14.2. The van der Waals surface area contributed by atoms with Gasteiger partial charge in [0.25, 0.3) is 0 Å². The minimum absolute atomic E-state index is 0.122. The highest BCUT2D eigenvalue weighted by atomic mass is 32.2. The Labute approximate surface area is 170 Å². The number of hydrogen-bond acceptors (Lipinski definition) is 5. The zero-order valence-corrected chi connectivity index (χ0v) is 17.0. The number of carbonyl (C=O) groups excluding carboxylic acids is 1. The first kappa shape index (κ1) is 21.2. The Hall–Kier alpha value is -2.49. The minimum atomic E-state index is -3.58. The van der Waals surface area contributed by atoms with Crippen LogP contribution in [0.2, 0.25) is 0 Å². The van der Waals surface area contributed by atoms with Crippen LogP contribution in [0, 0.1) is 5.82 Å². The second-order valence-corrected chi connectivity index (χ2v) is 8.66. The van der Waals surface area contributed by atoms with Crippen LogP contribution in [0.25, 0.3) is 0 Å². The molecule has 1 heterocycles. The molecule has 1 N–H and O–H groups in total. The fourth-order valence-corrected chi connectivity index (χ4v) is 4.54. The highest BCUT2D eigenvalue weighted by molar-refractivity contribution is 7.89. The average Bonchev–Trinajstić information content (AvgIpc) is 2.73. The number of carbonyl (C=O) groups is 1. The number of halogens is 1. The predicted octanol–water partition coefficient (Wildman–Crippen LogP) is 1.46. The van der Waals surface area contributed by atoms with E-state index in [2.05, 4.69) is 5.32 Å². The fraction of sp³-hybridized carbons (Fsp3) is 0.350. The van der Waals surface area contributed by atoms with E-state index in [-0.39, 0.29) is 29.7 Å². The standard InChI is InChI=1S/C20H24FN3O4S/c1-28-17-6-8-18(9-7-17)29(26,27)24-12-10-23(11-13-24)15-20(25)22-14-16-4-2-3-5-19(16)21/h2-9H,10-15H2,1H3,(H,22,25). The van der Waals surface area contributed by atoms with Crippen LogP contribution < -0.4 is 10.1 Å². The average molecular weight is 421 g/mol. The molecule has 0 radical (unpaired) electrons. The molecule has 1 saturated heterocycles. The monoisotopic (exact) mass is 421 g/mol. The van der Waals surface area contributed by atoms with Crippen molar-refractivity contribution < 1.29 is 22.3 Å². The van der Waals surface area contributed by atoms with Crippen LogP contribution in [-0.4, -0.2) is 63.4 Å². The van der Waals surface area contributed by atoms with Gasteiger partial charge in [-0.1, -0.05) is 18.2 Å². The Morgan fingerprint density at radius 1 is 1.07 bits per heavy atom. The molecule has 0 saturated carbocycles.